The molecule has 1 aliphatic rings. The lowest BCUT2D eigenvalue weighted by Gasteiger charge is -2.32. The molecule has 0 aliphatic carbocycles. The predicted octanol–water partition coefficient (Wildman–Crippen LogP) is 3.52. The first-order chi connectivity index (χ1) is 9.63. The van der Waals surface area contributed by atoms with Gasteiger partial charge in [0, 0.05) is 22.1 Å². The van der Waals surface area contributed by atoms with Crippen LogP contribution < -0.4 is 4.90 Å². The Bertz CT molecular complexity index is 638. The third-order valence-electron chi connectivity index (χ3n) is 3.22. The first kappa shape index (κ1) is 13.6. The Hall–Kier alpha value is -1.33. The van der Waals surface area contributed by atoms with Crippen molar-refractivity contribution in [3.05, 3.63) is 40.3 Å². The number of benzene rings is 1. The summed E-state index contributed by atoms with van der Waals surface area (Å²) in [5.41, 5.74) is 1.91. The highest BCUT2D eigenvalue weighted by Gasteiger charge is 2.26. The van der Waals surface area contributed by atoms with Crippen molar-refractivity contribution < 1.29 is 4.79 Å². The van der Waals surface area contributed by atoms with E-state index in [1.807, 2.05) is 47.2 Å². The van der Waals surface area contributed by atoms with Gasteiger partial charge in [-0.25, -0.2) is 4.98 Å². The van der Waals surface area contributed by atoms with Crippen molar-refractivity contribution >= 4 is 34.7 Å². The molecule has 0 saturated carbocycles. The Balaban J connectivity index is 1.84. The summed E-state index contributed by atoms with van der Waals surface area (Å²) < 4.78 is 0. The Morgan fingerprint density at radius 1 is 1.45 bits per heavy atom. The Kier molecular flexibility index (Phi) is 3.81. The summed E-state index contributed by atoms with van der Waals surface area (Å²) in [6.45, 7) is 4.89. The van der Waals surface area contributed by atoms with Gasteiger partial charge in [-0.05, 0) is 19.1 Å². The van der Waals surface area contributed by atoms with Gasteiger partial charge in [0.15, 0.2) is 0 Å². The average molecular weight is 304 g/mol. The Morgan fingerprint density at radius 2 is 2.25 bits per heavy atom. The minimum atomic E-state index is 0.134. The van der Waals surface area contributed by atoms with E-state index in [9.17, 15) is 4.79 Å². The van der Waals surface area contributed by atoms with Gasteiger partial charge < -0.3 is 4.90 Å². The molecule has 0 fully saturated rings. The van der Waals surface area contributed by atoms with Gasteiger partial charge in [0.25, 0.3) is 0 Å². The van der Waals surface area contributed by atoms with Crippen LogP contribution in [0.1, 0.15) is 17.6 Å². The summed E-state index contributed by atoms with van der Waals surface area (Å²) in [6, 6.07) is 8.13. The number of carbonyl (C=O) groups excluding carboxylic acids is 1. The molecule has 1 atom stereocenters. The minimum absolute atomic E-state index is 0.134. The van der Waals surface area contributed by atoms with E-state index in [1.165, 1.54) is 4.90 Å². The average Bonchev–Trinajstić information content (AvgIpc) is 2.83. The van der Waals surface area contributed by atoms with E-state index in [1.54, 1.807) is 11.3 Å². The van der Waals surface area contributed by atoms with Gasteiger partial charge in [-0.3, -0.25) is 4.79 Å². The van der Waals surface area contributed by atoms with Gasteiger partial charge in [0.05, 0.1) is 22.8 Å². The Labute approximate surface area is 127 Å². The van der Waals surface area contributed by atoms with Crippen LogP contribution in [0, 0.1) is 6.92 Å². The molecule has 1 aromatic carbocycles. The van der Waals surface area contributed by atoms with Crippen LogP contribution in [-0.2, 0) is 11.2 Å². The molecular formula is C15H16N2OS2. The molecule has 104 valence electrons. The van der Waals surface area contributed by atoms with Gasteiger partial charge in [0.1, 0.15) is 0 Å². The zero-order chi connectivity index (χ0) is 14.1. The standard InChI is InChI=1S/C15H16N2OS2/c1-10-8-17(13-5-3-4-6-14(13)20-10)15(18)7-12-9-19-11(2)16-12/h3-6,9-10H,7-8H2,1-2H3/t10-/m1/s1. The highest BCUT2D eigenvalue weighted by molar-refractivity contribution is 8.00. The number of fused-ring (bicyclic) bond motifs is 1. The lowest BCUT2D eigenvalue weighted by Crippen LogP contribution is -2.39. The maximum Gasteiger partial charge on any atom is 0.233 e. The molecule has 0 spiro atoms. The molecule has 0 radical (unpaired) electrons. The smallest absolute Gasteiger partial charge is 0.233 e. The molecule has 20 heavy (non-hydrogen) atoms. The second-order valence-corrected chi connectivity index (χ2v) is 7.48. The van der Waals surface area contributed by atoms with Crippen LogP contribution in [0.2, 0.25) is 0 Å². The van der Waals surface area contributed by atoms with E-state index < -0.39 is 0 Å². The van der Waals surface area contributed by atoms with Gasteiger partial charge in [-0.15, -0.1) is 23.1 Å². The van der Waals surface area contributed by atoms with Crippen LogP contribution in [0.25, 0.3) is 0 Å². The molecule has 5 heteroatoms. The largest absolute Gasteiger partial charge is 0.310 e. The monoisotopic (exact) mass is 304 g/mol. The van der Waals surface area contributed by atoms with E-state index in [0.29, 0.717) is 11.7 Å². The number of nitrogens with zero attached hydrogens (tertiary/aromatic N) is 2. The molecule has 3 rings (SSSR count). The number of carbonyl (C=O) groups is 1. The van der Waals surface area contributed by atoms with Crippen LogP contribution in [0.3, 0.4) is 0 Å². The minimum Gasteiger partial charge on any atom is -0.310 e. The van der Waals surface area contributed by atoms with Crippen molar-refractivity contribution in [2.45, 2.75) is 30.4 Å². The fraction of sp³-hybridized carbons (Fsp3) is 0.333. The number of amides is 1. The Morgan fingerprint density at radius 3 is 3.00 bits per heavy atom. The maximum atomic E-state index is 12.6. The summed E-state index contributed by atoms with van der Waals surface area (Å²) in [5, 5.41) is 3.41. The molecule has 1 aliphatic heterocycles. The highest BCUT2D eigenvalue weighted by Crippen LogP contribution is 2.38. The van der Waals surface area contributed by atoms with Crippen LogP contribution in [-0.4, -0.2) is 22.7 Å². The fourth-order valence-corrected chi connectivity index (χ4v) is 4.09. The predicted molar refractivity (Wildman–Crippen MR) is 84.7 cm³/mol. The van der Waals surface area contributed by atoms with Crippen LogP contribution in [0.15, 0.2) is 34.5 Å². The molecule has 1 amide bonds. The summed E-state index contributed by atoms with van der Waals surface area (Å²) in [6.07, 6.45) is 0.385. The van der Waals surface area contributed by atoms with E-state index in [4.69, 9.17) is 0 Å². The summed E-state index contributed by atoms with van der Waals surface area (Å²) in [5.74, 6) is 0.134. The summed E-state index contributed by atoms with van der Waals surface area (Å²) in [4.78, 5) is 20.0. The summed E-state index contributed by atoms with van der Waals surface area (Å²) in [7, 11) is 0. The third-order valence-corrected chi connectivity index (χ3v) is 5.20. The third kappa shape index (κ3) is 2.74. The zero-order valence-electron chi connectivity index (χ0n) is 11.5. The molecule has 2 heterocycles. The van der Waals surface area contributed by atoms with Crippen molar-refractivity contribution in [3.63, 3.8) is 0 Å². The first-order valence-electron chi connectivity index (χ1n) is 6.60. The molecule has 0 unspecified atom stereocenters. The second kappa shape index (κ2) is 5.58. The molecule has 0 saturated heterocycles. The number of hydrogen-bond donors (Lipinski definition) is 0. The number of aryl methyl sites for hydroxylation is 1. The second-order valence-electron chi connectivity index (χ2n) is 4.94. The van der Waals surface area contributed by atoms with Gasteiger partial charge in [0.2, 0.25) is 5.91 Å². The quantitative estimate of drug-likeness (QED) is 0.851. The van der Waals surface area contributed by atoms with Crippen LogP contribution in [0.5, 0.6) is 0 Å². The lowest BCUT2D eigenvalue weighted by atomic mass is 10.2. The SMILES string of the molecule is Cc1nc(CC(=O)N2C[C@@H](C)Sc3ccccc32)cs1. The van der Waals surface area contributed by atoms with E-state index >= 15 is 0 Å². The van der Waals surface area contributed by atoms with Crippen molar-refractivity contribution in [1.29, 1.82) is 0 Å². The molecular weight excluding hydrogens is 288 g/mol. The normalized spacial score (nSPS) is 17.9. The number of thioether (sulfide) groups is 1. The number of rotatable bonds is 2. The summed E-state index contributed by atoms with van der Waals surface area (Å²) >= 11 is 3.43. The highest BCUT2D eigenvalue weighted by atomic mass is 32.2. The van der Waals surface area contributed by atoms with Gasteiger partial charge in [-0.2, -0.15) is 0 Å². The molecule has 3 nitrogen and oxygen atoms in total. The van der Waals surface area contributed by atoms with Crippen LogP contribution >= 0.6 is 23.1 Å². The van der Waals surface area contributed by atoms with Gasteiger partial charge >= 0.3 is 0 Å². The van der Waals surface area contributed by atoms with E-state index in [0.717, 1.165) is 22.9 Å². The molecule has 1 aromatic heterocycles. The zero-order valence-corrected chi connectivity index (χ0v) is 13.1. The topological polar surface area (TPSA) is 33.2 Å². The fourth-order valence-electron chi connectivity index (χ4n) is 2.37. The van der Waals surface area contributed by atoms with Gasteiger partial charge in [-0.1, -0.05) is 19.1 Å². The molecule has 0 N–H and O–H groups in total. The molecule has 2 aromatic rings. The maximum absolute atomic E-state index is 12.6. The number of anilines is 1. The number of aromatic nitrogens is 1. The van der Waals surface area contributed by atoms with Crippen molar-refractivity contribution in [3.8, 4) is 0 Å². The number of para-hydroxylation sites is 1. The van der Waals surface area contributed by atoms with E-state index in [2.05, 4.69) is 18.0 Å². The number of hydrogen-bond acceptors (Lipinski definition) is 4. The van der Waals surface area contributed by atoms with Crippen molar-refractivity contribution in [1.82, 2.24) is 4.98 Å². The lowest BCUT2D eigenvalue weighted by molar-refractivity contribution is -0.118. The van der Waals surface area contributed by atoms with E-state index in [-0.39, 0.29) is 5.91 Å². The number of thiazole rings is 1. The van der Waals surface area contributed by atoms with Crippen molar-refractivity contribution in [2.24, 2.45) is 0 Å². The van der Waals surface area contributed by atoms with Crippen molar-refractivity contribution in [2.75, 3.05) is 11.4 Å². The first-order valence-corrected chi connectivity index (χ1v) is 8.36. The molecule has 0 bridgehead atoms. The van der Waals surface area contributed by atoms with Crippen LogP contribution in [0.4, 0.5) is 5.69 Å².